The number of aryl methyl sites for hydroxylation is 1. The summed E-state index contributed by atoms with van der Waals surface area (Å²) in [6.07, 6.45) is 0.387. The molecule has 4 nitrogen and oxygen atoms in total. The highest BCUT2D eigenvalue weighted by atomic mass is 16.5. The lowest BCUT2D eigenvalue weighted by Gasteiger charge is -2.09. The highest BCUT2D eigenvalue weighted by molar-refractivity contribution is 5.69. The van der Waals surface area contributed by atoms with Crippen molar-refractivity contribution in [1.82, 2.24) is 0 Å². The molecule has 0 aromatic heterocycles. The van der Waals surface area contributed by atoms with Crippen LogP contribution in [-0.2, 0) is 16.0 Å². The molecule has 0 heterocycles. The van der Waals surface area contributed by atoms with Gasteiger partial charge in [-0.05, 0) is 18.4 Å². The molecule has 0 aliphatic heterocycles. The second-order valence-corrected chi connectivity index (χ2v) is 3.83. The zero-order valence-electron chi connectivity index (χ0n) is 9.71. The maximum absolute atomic E-state index is 11.3. The number of aliphatic hydroxyl groups excluding tert-OH is 2. The Bertz CT molecular complexity index is 323. The van der Waals surface area contributed by atoms with E-state index >= 15 is 0 Å². The lowest BCUT2D eigenvalue weighted by atomic mass is 10.1. The number of carbonyl (C=O) groups excluding carboxylic acids is 1. The molecule has 1 atom stereocenters. The summed E-state index contributed by atoms with van der Waals surface area (Å²) in [4.78, 5) is 11.3. The first kappa shape index (κ1) is 13.7. The fraction of sp³-hybridized carbons (Fsp3) is 0.462. The van der Waals surface area contributed by atoms with Gasteiger partial charge in [-0.1, -0.05) is 30.3 Å². The molecule has 0 aliphatic rings. The van der Waals surface area contributed by atoms with E-state index < -0.39 is 6.10 Å². The van der Waals surface area contributed by atoms with Crippen LogP contribution in [0.15, 0.2) is 30.3 Å². The summed E-state index contributed by atoms with van der Waals surface area (Å²) >= 11 is 0. The van der Waals surface area contributed by atoms with Crippen molar-refractivity contribution in [3.8, 4) is 0 Å². The molecule has 0 fully saturated rings. The van der Waals surface area contributed by atoms with Crippen LogP contribution in [0.5, 0.6) is 0 Å². The molecule has 1 rings (SSSR count). The second kappa shape index (κ2) is 7.81. The Labute approximate surface area is 101 Å². The number of ether oxygens (including phenoxy) is 1. The molecule has 2 N–H and O–H groups in total. The predicted molar refractivity (Wildman–Crippen MR) is 63.4 cm³/mol. The van der Waals surface area contributed by atoms with Gasteiger partial charge in [0.05, 0.1) is 6.10 Å². The smallest absolute Gasteiger partial charge is 0.306 e. The van der Waals surface area contributed by atoms with Crippen molar-refractivity contribution in [1.29, 1.82) is 0 Å². The van der Waals surface area contributed by atoms with E-state index in [9.17, 15) is 9.90 Å². The lowest BCUT2D eigenvalue weighted by molar-refractivity contribution is -0.146. The van der Waals surface area contributed by atoms with Crippen LogP contribution in [0, 0.1) is 0 Å². The summed E-state index contributed by atoms with van der Waals surface area (Å²) in [5.41, 5.74) is 1.08. The summed E-state index contributed by atoms with van der Waals surface area (Å²) in [6, 6.07) is 9.67. The quantitative estimate of drug-likeness (QED) is 0.693. The molecule has 1 unspecified atom stereocenters. The van der Waals surface area contributed by atoms with Crippen LogP contribution in [0.1, 0.15) is 18.4 Å². The van der Waals surface area contributed by atoms with Crippen molar-refractivity contribution in [2.75, 3.05) is 13.2 Å². The van der Waals surface area contributed by atoms with E-state index in [4.69, 9.17) is 9.84 Å². The van der Waals surface area contributed by atoms with Gasteiger partial charge in [0.1, 0.15) is 6.61 Å². The van der Waals surface area contributed by atoms with Gasteiger partial charge < -0.3 is 14.9 Å². The summed E-state index contributed by atoms with van der Waals surface area (Å²) in [5.74, 6) is -0.328. The number of esters is 1. The highest BCUT2D eigenvalue weighted by Crippen LogP contribution is 2.03. The zero-order chi connectivity index (χ0) is 12.5. The Hall–Kier alpha value is -1.39. The third-order valence-electron chi connectivity index (χ3n) is 2.36. The molecule has 4 heteroatoms. The Morgan fingerprint density at radius 1 is 1.29 bits per heavy atom. The first-order valence-corrected chi connectivity index (χ1v) is 5.71. The van der Waals surface area contributed by atoms with Crippen molar-refractivity contribution < 1.29 is 19.7 Å². The number of carbonyl (C=O) groups is 1. The topological polar surface area (TPSA) is 66.8 Å². The van der Waals surface area contributed by atoms with Crippen LogP contribution in [0.2, 0.25) is 0 Å². The Morgan fingerprint density at radius 3 is 2.65 bits per heavy atom. The van der Waals surface area contributed by atoms with Crippen LogP contribution in [0.4, 0.5) is 0 Å². The van der Waals surface area contributed by atoms with Gasteiger partial charge in [-0.15, -0.1) is 0 Å². The van der Waals surface area contributed by atoms with Crippen LogP contribution >= 0.6 is 0 Å². The van der Waals surface area contributed by atoms with Crippen LogP contribution in [0.3, 0.4) is 0 Å². The Balaban J connectivity index is 2.17. The third-order valence-corrected chi connectivity index (χ3v) is 2.36. The van der Waals surface area contributed by atoms with Gasteiger partial charge in [0.25, 0.3) is 0 Å². The fourth-order valence-corrected chi connectivity index (χ4v) is 1.38. The Kier molecular flexibility index (Phi) is 6.29. The summed E-state index contributed by atoms with van der Waals surface area (Å²) < 4.78 is 4.88. The molecular formula is C13H18O4. The van der Waals surface area contributed by atoms with Gasteiger partial charge in [0, 0.05) is 13.0 Å². The number of benzene rings is 1. The van der Waals surface area contributed by atoms with E-state index in [0.29, 0.717) is 12.8 Å². The molecule has 0 saturated heterocycles. The first-order chi connectivity index (χ1) is 8.22. The Morgan fingerprint density at radius 2 is 2.00 bits per heavy atom. The fourth-order valence-electron chi connectivity index (χ4n) is 1.38. The predicted octanol–water partition coefficient (Wildman–Crippen LogP) is 0.906. The van der Waals surface area contributed by atoms with Crippen molar-refractivity contribution in [3.05, 3.63) is 35.9 Å². The van der Waals surface area contributed by atoms with E-state index in [1.807, 2.05) is 30.3 Å². The standard InChI is InChI=1S/C13H18O4/c14-9-8-12(15)10-17-13(16)7-6-11-4-2-1-3-5-11/h1-5,12,14-15H,6-10H2. The third kappa shape index (κ3) is 6.04. The number of aliphatic hydroxyl groups is 2. The molecular weight excluding hydrogens is 220 g/mol. The molecule has 17 heavy (non-hydrogen) atoms. The molecule has 0 saturated carbocycles. The van der Waals surface area contributed by atoms with E-state index in [1.54, 1.807) is 0 Å². The van der Waals surface area contributed by atoms with Crippen molar-refractivity contribution >= 4 is 5.97 Å². The van der Waals surface area contributed by atoms with Crippen molar-refractivity contribution in [2.45, 2.75) is 25.4 Å². The van der Waals surface area contributed by atoms with E-state index in [2.05, 4.69) is 0 Å². The van der Waals surface area contributed by atoms with Gasteiger partial charge in [-0.25, -0.2) is 0 Å². The molecule has 1 aromatic carbocycles. The minimum atomic E-state index is -0.777. The van der Waals surface area contributed by atoms with Gasteiger partial charge in [-0.3, -0.25) is 4.79 Å². The van der Waals surface area contributed by atoms with Gasteiger partial charge >= 0.3 is 5.97 Å². The normalized spacial score (nSPS) is 12.1. The molecule has 0 radical (unpaired) electrons. The van der Waals surface area contributed by atoms with Crippen molar-refractivity contribution in [2.24, 2.45) is 0 Å². The minimum Gasteiger partial charge on any atom is -0.463 e. The average molecular weight is 238 g/mol. The zero-order valence-corrected chi connectivity index (χ0v) is 9.71. The summed E-state index contributed by atoms with van der Waals surface area (Å²) in [6.45, 7) is -0.156. The maximum atomic E-state index is 11.3. The molecule has 0 aliphatic carbocycles. The van der Waals surface area contributed by atoms with Gasteiger partial charge in [-0.2, -0.15) is 0 Å². The second-order valence-electron chi connectivity index (χ2n) is 3.83. The summed E-state index contributed by atoms with van der Waals surface area (Å²) in [5, 5.41) is 17.8. The molecule has 1 aromatic rings. The SMILES string of the molecule is O=C(CCc1ccccc1)OCC(O)CCO. The summed E-state index contributed by atoms with van der Waals surface area (Å²) in [7, 11) is 0. The average Bonchev–Trinajstić information content (AvgIpc) is 2.35. The van der Waals surface area contributed by atoms with Gasteiger partial charge in [0.15, 0.2) is 0 Å². The highest BCUT2D eigenvalue weighted by Gasteiger charge is 2.08. The molecule has 94 valence electrons. The number of hydrogen-bond acceptors (Lipinski definition) is 4. The largest absolute Gasteiger partial charge is 0.463 e. The molecule has 0 bridgehead atoms. The first-order valence-electron chi connectivity index (χ1n) is 5.71. The van der Waals surface area contributed by atoms with E-state index in [0.717, 1.165) is 5.56 Å². The monoisotopic (exact) mass is 238 g/mol. The minimum absolute atomic E-state index is 0.0474. The van der Waals surface area contributed by atoms with Crippen LogP contribution in [0.25, 0.3) is 0 Å². The van der Waals surface area contributed by atoms with Crippen molar-refractivity contribution in [3.63, 3.8) is 0 Å². The van der Waals surface area contributed by atoms with E-state index in [-0.39, 0.29) is 25.6 Å². The van der Waals surface area contributed by atoms with Crippen LogP contribution < -0.4 is 0 Å². The van der Waals surface area contributed by atoms with E-state index in [1.165, 1.54) is 0 Å². The molecule has 0 spiro atoms. The molecule has 0 amide bonds. The van der Waals surface area contributed by atoms with Gasteiger partial charge in [0.2, 0.25) is 0 Å². The number of hydrogen-bond donors (Lipinski definition) is 2. The maximum Gasteiger partial charge on any atom is 0.306 e. The number of rotatable bonds is 7. The lowest BCUT2D eigenvalue weighted by Crippen LogP contribution is -2.19. The van der Waals surface area contributed by atoms with Crippen LogP contribution in [-0.4, -0.2) is 35.5 Å².